The molecule has 2 aliphatic heterocycles. The van der Waals surface area contributed by atoms with Gasteiger partial charge >= 0.3 is 0 Å². The Balaban J connectivity index is 1.71. The summed E-state index contributed by atoms with van der Waals surface area (Å²) < 4.78 is 5.28. The topological polar surface area (TPSA) is 58.6 Å². The second-order valence-corrected chi connectivity index (χ2v) is 5.84. The molecule has 0 radical (unpaired) electrons. The fourth-order valence-corrected chi connectivity index (χ4v) is 2.80. The molecule has 1 aromatic rings. The molecule has 2 aliphatic rings. The lowest BCUT2D eigenvalue weighted by Gasteiger charge is -2.31. The summed E-state index contributed by atoms with van der Waals surface area (Å²) in [5, 5.41) is 0. The van der Waals surface area contributed by atoms with Crippen molar-refractivity contribution >= 4 is 11.7 Å². The molecule has 6 heteroatoms. The van der Waals surface area contributed by atoms with E-state index in [1.54, 1.807) is 4.90 Å². The molecule has 0 bridgehead atoms. The smallest absolute Gasteiger partial charge is 0.272 e. The molecule has 6 nitrogen and oxygen atoms in total. The quantitative estimate of drug-likeness (QED) is 0.819. The Bertz CT molecular complexity index is 494. The Morgan fingerprint density at radius 1 is 1.19 bits per heavy atom. The maximum absolute atomic E-state index is 12.4. The van der Waals surface area contributed by atoms with Crippen LogP contribution in [0.5, 0.6) is 0 Å². The van der Waals surface area contributed by atoms with Crippen molar-refractivity contribution in [2.24, 2.45) is 5.92 Å². The minimum absolute atomic E-state index is 0.0210. The van der Waals surface area contributed by atoms with Crippen molar-refractivity contribution in [3.8, 4) is 0 Å². The van der Waals surface area contributed by atoms with Crippen LogP contribution >= 0.6 is 0 Å². The molecule has 2 fully saturated rings. The van der Waals surface area contributed by atoms with Crippen molar-refractivity contribution in [2.75, 3.05) is 44.3 Å². The van der Waals surface area contributed by atoms with Gasteiger partial charge in [-0.05, 0) is 18.8 Å². The zero-order valence-corrected chi connectivity index (χ0v) is 12.5. The van der Waals surface area contributed by atoms with Crippen LogP contribution in [0.15, 0.2) is 12.4 Å². The van der Waals surface area contributed by atoms with E-state index in [1.165, 1.54) is 19.2 Å². The first-order chi connectivity index (χ1) is 10.2. The highest BCUT2D eigenvalue weighted by atomic mass is 16.5. The molecule has 0 unspecified atom stereocenters. The molecule has 2 saturated heterocycles. The van der Waals surface area contributed by atoms with Crippen molar-refractivity contribution in [3.63, 3.8) is 0 Å². The first kappa shape index (κ1) is 14.3. The number of aromatic nitrogens is 2. The zero-order chi connectivity index (χ0) is 14.7. The largest absolute Gasteiger partial charge is 0.378 e. The molecule has 1 amide bonds. The fraction of sp³-hybridized carbons (Fsp3) is 0.667. The Hall–Kier alpha value is -1.69. The average Bonchev–Trinajstić information content (AvgIpc) is 2.56. The van der Waals surface area contributed by atoms with E-state index in [-0.39, 0.29) is 5.91 Å². The fourth-order valence-electron chi connectivity index (χ4n) is 2.80. The number of amides is 1. The number of rotatable bonds is 2. The summed E-state index contributed by atoms with van der Waals surface area (Å²) >= 11 is 0. The van der Waals surface area contributed by atoms with E-state index in [0.717, 1.165) is 24.8 Å². The Labute approximate surface area is 125 Å². The molecule has 3 heterocycles. The number of ether oxygens (including phenoxy) is 1. The van der Waals surface area contributed by atoms with E-state index in [1.807, 2.05) is 6.07 Å². The Morgan fingerprint density at radius 3 is 2.62 bits per heavy atom. The van der Waals surface area contributed by atoms with Crippen LogP contribution in [-0.2, 0) is 4.74 Å². The van der Waals surface area contributed by atoms with Crippen molar-refractivity contribution in [1.82, 2.24) is 14.9 Å². The summed E-state index contributed by atoms with van der Waals surface area (Å²) in [6.07, 6.45) is 3.86. The third-order valence-corrected chi connectivity index (χ3v) is 4.28. The van der Waals surface area contributed by atoms with Crippen LogP contribution in [0.3, 0.4) is 0 Å². The maximum Gasteiger partial charge on any atom is 0.272 e. The number of carbonyl (C=O) groups excluding carboxylic acids is 1. The first-order valence-electron chi connectivity index (χ1n) is 7.68. The lowest BCUT2D eigenvalue weighted by Crippen LogP contribution is -2.41. The van der Waals surface area contributed by atoms with Crippen molar-refractivity contribution in [3.05, 3.63) is 18.1 Å². The lowest BCUT2D eigenvalue weighted by molar-refractivity contribution is 0.0299. The lowest BCUT2D eigenvalue weighted by atomic mass is 9.99. The van der Waals surface area contributed by atoms with Gasteiger partial charge in [0.25, 0.3) is 5.91 Å². The summed E-state index contributed by atoms with van der Waals surface area (Å²) in [6, 6.07) is 1.83. The van der Waals surface area contributed by atoms with Gasteiger partial charge in [-0.15, -0.1) is 0 Å². The van der Waals surface area contributed by atoms with E-state index < -0.39 is 0 Å². The third kappa shape index (κ3) is 3.32. The van der Waals surface area contributed by atoms with Crippen LogP contribution in [0, 0.1) is 5.92 Å². The van der Waals surface area contributed by atoms with E-state index in [9.17, 15) is 4.79 Å². The summed E-state index contributed by atoms with van der Waals surface area (Å²) in [6.45, 7) is 6.78. The number of morpholine rings is 1. The number of nitrogens with zero attached hydrogens (tertiary/aromatic N) is 4. The Kier molecular flexibility index (Phi) is 4.34. The molecule has 114 valence electrons. The molecule has 1 aromatic heterocycles. The van der Waals surface area contributed by atoms with Crippen molar-refractivity contribution < 1.29 is 9.53 Å². The number of piperidine rings is 1. The number of hydrogen-bond donors (Lipinski definition) is 0. The van der Waals surface area contributed by atoms with E-state index >= 15 is 0 Å². The third-order valence-electron chi connectivity index (χ3n) is 4.28. The first-order valence-corrected chi connectivity index (χ1v) is 7.68. The molecule has 0 aliphatic carbocycles. The van der Waals surface area contributed by atoms with Gasteiger partial charge in [0, 0.05) is 32.2 Å². The summed E-state index contributed by atoms with van der Waals surface area (Å²) in [5.74, 6) is 1.62. The predicted molar refractivity (Wildman–Crippen MR) is 79.4 cm³/mol. The van der Waals surface area contributed by atoms with E-state index in [4.69, 9.17) is 4.74 Å². The van der Waals surface area contributed by atoms with E-state index in [0.29, 0.717) is 32.0 Å². The summed E-state index contributed by atoms with van der Waals surface area (Å²) in [5.41, 5.74) is 0.487. The highest BCUT2D eigenvalue weighted by Crippen LogP contribution is 2.21. The minimum atomic E-state index is -0.0210. The highest BCUT2D eigenvalue weighted by molar-refractivity contribution is 5.93. The highest BCUT2D eigenvalue weighted by Gasteiger charge is 2.22. The van der Waals surface area contributed by atoms with Gasteiger partial charge < -0.3 is 14.5 Å². The molecule has 0 spiro atoms. The number of anilines is 1. The van der Waals surface area contributed by atoms with Crippen LogP contribution in [-0.4, -0.2) is 60.2 Å². The van der Waals surface area contributed by atoms with Gasteiger partial charge in [-0.2, -0.15) is 0 Å². The van der Waals surface area contributed by atoms with Gasteiger partial charge in [0.1, 0.15) is 17.8 Å². The Morgan fingerprint density at radius 2 is 1.90 bits per heavy atom. The van der Waals surface area contributed by atoms with Crippen molar-refractivity contribution in [2.45, 2.75) is 19.8 Å². The minimum Gasteiger partial charge on any atom is -0.378 e. The molecule has 0 saturated carbocycles. The molecular weight excluding hydrogens is 268 g/mol. The normalized spacial score (nSPS) is 20.6. The SMILES string of the molecule is CC1CCN(c2cc(C(=O)N3CCOCC3)ncn2)CC1. The van der Waals surface area contributed by atoms with E-state index in [2.05, 4.69) is 21.8 Å². The molecule has 21 heavy (non-hydrogen) atoms. The molecule has 0 N–H and O–H groups in total. The molecule has 3 rings (SSSR count). The number of hydrogen-bond acceptors (Lipinski definition) is 5. The van der Waals surface area contributed by atoms with Gasteiger partial charge in [0.05, 0.1) is 13.2 Å². The van der Waals surface area contributed by atoms with Crippen molar-refractivity contribution in [1.29, 1.82) is 0 Å². The monoisotopic (exact) mass is 290 g/mol. The van der Waals surface area contributed by atoms with Gasteiger partial charge in [-0.25, -0.2) is 9.97 Å². The van der Waals surface area contributed by atoms with Crippen LogP contribution in [0.2, 0.25) is 0 Å². The predicted octanol–water partition coefficient (Wildman–Crippen LogP) is 1.19. The summed E-state index contributed by atoms with van der Waals surface area (Å²) in [7, 11) is 0. The molecule has 0 atom stereocenters. The van der Waals surface area contributed by atoms with Crippen LogP contribution < -0.4 is 4.90 Å². The second kappa shape index (κ2) is 6.39. The zero-order valence-electron chi connectivity index (χ0n) is 12.5. The number of carbonyl (C=O) groups is 1. The van der Waals surface area contributed by atoms with Crippen LogP contribution in [0.25, 0.3) is 0 Å². The maximum atomic E-state index is 12.4. The van der Waals surface area contributed by atoms with Gasteiger partial charge in [0.15, 0.2) is 0 Å². The van der Waals surface area contributed by atoms with Crippen LogP contribution in [0.1, 0.15) is 30.3 Å². The molecule has 0 aromatic carbocycles. The van der Waals surface area contributed by atoms with Gasteiger partial charge in [-0.3, -0.25) is 4.79 Å². The van der Waals surface area contributed by atoms with Gasteiger partial charge in [0.2, 0.25) is 0 Å². The van der Waals surface area contributed by atoms with Gasteiger partial charge in [-0.1, -0.05) is 6.92 Å². The van der Waals surface area contributed by atoms with Crippen LogP contribution in [0.4, 0.5) is 5.82 Å². The standard InChI is InChI=1S/C15H22N4O2/c1-12-2-4-18(5-3-12)14-10-13(16-11-17-14)15(20)19-6-8-21-9-7-19/h10-12H,2-9H2,1H3. The summed E-state index contributed by atoms with van der Waals surface area (Å²) in [4.78, 5) is 25.0. The average molecular weight is 290 g/mol. The second-order valence-electron chi connectivity index (χ2n) is 5.84. The molecular formula is C15H22N4O2.